The average Bonchev–Trinajstić information content (AvgIpc) is 1.35. The van der Waals surface area contributed by atoms with Gasteiger partial charge in [-0.05, 0) is 13.1 Å². The molecule has 0 aromatic heterocycles. The van der Waals surface area contributed by atoms with Gasteiger partial charge in [0.25, 0.3) is 7.55 Å². The molecule has 0 fully saturated rings. The van der Waals surface area contributed by atoms with Crippen LogP contribution in [0.2, 0.25) is 13.1 Å². The molecule has 5 heteroatoms. The van der Waals surface area contributed by atoms with Gasteiger partial charge in [0.2, 0.25) is 0 Å². The van der Waals surface area contributed by atoms with Crippen LogP contribution >= 0.6 is 23.5 Å². The van der Waals surface area contributed by atoms with Gasteiger partial charge in [-0.1, -0.05) is 0 Å². The first kappa shape index (κ1) is 10.4. The van der Waals surface area contributed by atoms with Crippen LogP contribution < -0.4 is 0 Å². The van der Waals surface area contributed by atoms with Crippen molar-refractivity contribution in [1.82, 2.24) is 0 Å². The zero-order chi connectivity index (χ0) is 5.21. The summed E-state index contributed by atoms with van der Waals surface area (Å²) in [6.45, 7) is 3.59. The third-order valence-electron chi connectivity index (χ3n) is 0.266. The van der Waals surface area contributed by atoms with E-state index in [0.717, 1.165) is 0 Å². The molecule has 0 radical (unpaired) electrons. The molecule has 0 heterocycles. The first-order valence-corrected chi connectivity index (χ1v) is 5.60. The number of nitrogens with one attached hydrogen (secondary N) is 1. The van der Waals surface area contributed by atoms with Crippen molar-refractivity contribution in [3.05, 3.63) is 0 Å². The maximum Gasteiger partial charge on any atom is 0.295 e. The molecular weight excluding hydrogens is 151 g/mol. The molecule has 7 heavy (non-hydrogen) atoms. The van der Waals surface area contributed by atoms with E-state index in [4.69, 9.17) is 16.6 Å². The molecule has 44 valence electrons. The Morgan fingerprint density at radius 2 is 1.71 bits per heavy atom. The van der Waals surface area contributed by atoms with Crippen LogP contribution in [0, 0.1) is 5.53 Å². The van der Waals surface area contributed by atoms with Gasteiger partial charge in [-0.25, -0.2) is 10.3 Å². The van der Waals surface area contributed by atoms with E-state index in [1.54, 1.807) is 13.1 Å². The monoisotopic (exact) mass is 158 g/mol. The van der Waals surface area contributed by atoms with Gasteiger partial charge < -0.3 is 0 Å². The minimum absolute atomic E-state index is 0. The SMILES string of the molecule is C[Si](C)(Cl)N=N.Cl. The van der Waals surface area contributed by atoms with E-state index >= 15 is 0 Å². The normalized spacial score (nSPS) is 9.57. The highest BCUT2D eigenvalue weighted by atomic mass is 35.6. The highest BCUT2D eigenvalue weighted by molar-refractivity contribution is 7.17. The summed E-state index contributed by atoms with van der Waals surface area (Å²) in [6, 6.07) is 0. The van der Waals surface area contributed by atoms with Gasteiger partial charge >= 0.3 is 0 Å². The van der Waals surface area contributed by atoms with Crippen LogP contribution in [0.1, 0.15) is 0 Å². The lowest BCUT2D eigenvalue weighted by Gasteiger charge is -1.97. The van der Waals surface area contributed by atoms with Gasteiger partial charge in [0.1, 0.15) is 0 Å². The molecule has 0 aromatic rings. The standard InChI is InChI=1S/C2H7ClN2Si.ClH/c1-6(2,3)5-4;/h4H,1-2H3;1H. The van der Waals surface area contributed by atoms with Gasteiger partial charge in [-0.3, -0.25) is 0 Å². The van der Waals surface area contributed by atoms with Crippen LogP contribution in [0.25, 0.3) is 0 Å². The first-order chi connectivity index (χ1) is 2.56. The quantitative estimate of drug-likeness (QED) is 0.346. The van der Waals surface area contributed by atoms with E-state index in [-0.39, 0.29) is 12.4 Å². The second-order valence-corrected chi connectivity index (χ2v) is 7.34. The van der Waals surface area contributed by atoms with Crippen LogP contribution in [-0.4, -0.2) is 7.55 Å². The smallest absolute Gasteiger partial charge is 0.222 e. The molecule has 0 bridgehead atoms. The van der Waals surface area contributed by atoms with Crippen molar-refractivity contribution in [3.8, 4) is 0 Å². The lowest BCUT2D eigenvalue weighted by Crippen LogP contribution is -2.09. The van der Waals surface area contributed by atoms with Crippen molar-refractivity contribution in [1.29, 1.82) is 5.53 Å². The second kappa shape index (κ2) is 3.41. The minimum atomic E-state index is -1.87. The highest BCUT2D eigenvalue weighted by Crippen LogP contribution is 2.06. The fourth-order valence-electron chi connectivity index (χ4n) is 0. The Labute approximate surface area is 55.0 Å². The van der Waals surface area contributed by atoms with Gasteiger partial charge in [0.15, 0.2) is 0 Å². The second-order valence-electron chi connectivity index (χ2n) is 1.52. The summed E-state index contributed by atoms with van der Waals surface area (Å²) < 4.78 is 3.18. The van der Waals surface area contributed by atoms with Crippen molar-refractivity contribution in [3.63, 3.8) is 0 Å². The first-order valence-electron chi connectivity index (χ1n) is 1.64. The maximum atomic E-state index is 6.41. The lowest BCUT2D eigenvalue weighted by molar-refractivity contribution is 1.20. The molecular formula is C2H8Cl2N2Si. The number of nitrogens with zero attached hydrogens (tertiary/aromatic N) is 1. The topological polar surface area (TPSA) is 36.2 Å². The number of hydrogen-bond donors (Lipinski definition) is 1. The van der Waals surface area contributed by atoms with E-state index in [9.17, 15) is 0 Å². The van der Waals surface area contributed by atoms with Gasteiger partial charge in [0, 0.05) is 0 Å². The predicted molar refractivity (Wildman–Crippen MR) is 35.7 cm³/mol. The highest BCUT2D eigenvalue weighted by Gasteiger charge is 2.13. The maximum absolute atomic E-state index is 6.41. The van der Waals surface area contributed by atoms with Crippen molar-refractivity contribution < 1.29 is 0 Å². The van der Waals surface area contributed by atoms with Crippen LogP contribution in [0.15, 0.2) is 4.78 Å². The van der Waals surface area contributed by atoms with Crippen molar-refractivity contribution in [2.45, 2.75) is 13.1 Å². The van der Waals surface area contributed by atoms with Gasteiger partial charge in [0.05, 0.1) is 0 Å². The lowest BCUT2D eigenvalue weighted by atomic mass is 11.9. The Morgan fingerprint density at radius 1 is 1.57 bits per heavy atom. The van der Waals surface area contributed by atoms with Crippen LogP contribution in [0.3, 0.4) is 0 Å². The average molecular weight is 159 g/mol. The number of hydrogen-bond acceptors (Lipinski definition) is 2. The summed E-state index contributed by atoms with van der Waals surface area (Å²) in [6.07, 6.45) is 0. The van der Waals surface area contributed by atoms with E-state index < -0.39 is 7.55 Å². The van der Waals surface area contributed by atoms with E-state index in [2.05, 4.69) is 4.78 Å². The van der Waals surface area contributed by atoms with E-state index in [1.807, 2.05) is 0 Å². The Hall–Kier alpha value is 0.397. The molecule has 0 amide bonds. The Morgan fingerprint density at radius 3 is 1.71 bits per heavy atom. The summed E-state index contributed by atoms with van der Waals surface area (Å²) in [5.74, 6) is 0. The van der Waals surface area contributed by atoms with Crippen molar-refractivity contribution in [2.75, 3.05) is 0 Å². The molecule has 1 N–H and O–H groups in total. The van der Waals surface area contributed by atoms with Crippen LogP contribution in [0.5, 0.6) is 0 Å². The van der Waals surface area contributed by atoms with Crippen LogP contribution in [-0.2, 0) is 0 Å². The predicted octanol–water partition coefficient (Wildman–Crippen LogP) is 2.38. The number of halogens is 2. The summed E-state index contributed by atoms with van der Waals surface area (Å²) >= 11 is 5.50. The third-order valence-corrected chi connectivity index (χ3v) is 1.05. The summed E-state index contributed by atoms with van der Waals surface area (Å²) in [5.41, 5.74) is 6.41. The fraction of sp³-hybridized carbons (Fsp3) is 1.00. The Bertz CT molecular complexity index is 59.2. The zero-order valence-corrected chi connectivity index (χ0v) is 6.81. The largest absolute Gasteiger partial charge is 0.295 e. The molecule has 0 unspecified atom stereocenters. The Balaban J connectivity index is 0. The molecule has 0 aliphatic rings. The fourth-order valence-corrected chi connectivity index (χ4v) is 0. The molecule has 0 atom stereocenters. The summed E-state index contributed by atoms with van der Waals surface area (Å²) in [5, 5.41) is 0. The molecule has 0 aromatic carbocycles. The zero-order valence-electron chi connectivity index (χ0n) is 4.23. The summed E-state index contributed by atoms with van der Waals surface area (Å²) in [4.78, 5) is 0. The molecule has 0 saturated heterocycles. The van der Waals surface area contributed by atoms with Crippen molar-refractivity contribution in [2.24, 2.45) is 4.78 Å². The molecule has 0 aliphatic heterocycles. The van der Waals surface area contributed by atoms with Crippen molar-refractivity contribution >= 4 is 31.0 Å². The number of rotatable bonds is 1. The van der Waals surface area contributed by atoms with Gasteiger partial charge in [-0.2, -0.15) is 0 Å². The van der Waals surface area contributed by atoms with Gasteiger partial charge in [-0.15, -0.1) is 23.5 Å². The molecule has 0 saturated carbocycles. The molecule has 0 rings (SSSR count). The van der Waals surface area contributed by atoms with E-state index in [0.29, 0.717) is 0 Å². The van der Waals surface area contributed by atoms with E-state index in [1.165, 1.54) is 0 Å². The minimum Gasteiger partial charge on any atom is -0.222 e. The van der Waals surface area contributed by atoms with Crippen LogP contribution in [0.4, 0.5) is 0 Å². The third kappa shape index (κ3) is 10.7. The molecule has 0 spiro atoms. The summed E-state index contributed by atoms with van der Waals surface area (Å²) in [7, 11) is -1.87. The molecule has 2 nitrogen and oxygen atoms in total. The molecule has 0 aliphatic carbocycles. The Kier molecular flexibility index (Phi) is 5.06.